The van der Waals surface area contributed by atoms with Gasteiger partial charge in [0.15, 0.2) is 17.4 Å². The number of nitrogens with one attached hydrogen (secondary N) is 1. The van der Waals surface area contributed by atoms with E-state index in [1.165, 1.54) is 17.2 Å². The number of hydrogen-bond donors (Lipinski definition) is 2. The summed E-state index contributed by atoms with van der Waals surface area (Å²) in [5.41, 5.74) is 0.0246. The van der Waals surface area contributed by atoms with E-state index in [0.29, 0.717) is 0 Å². The van der Waals surface area contributed by atoms with Crippen LogP contribution < -0.4 is 5.56 Å². The Hall–Kier alpha value is -1.80. The molecule has 1 fully saturated rings. The Morgan fingerprint density at radius 2 is 2.44 bits per heavy atom. The van der Waals surface area contributed by atoms with Gasteiger partial charge in [0, 0.05) is 6.42 Å². The van der Waals surface area contributed by atoms with E-state index in [-0.39, 0.29) is 29.8 Å². The van der Waals surface area contributed by atoms with Crippen molar-refractivity contribution in [2.24, 2.45) is 0 Å². The van der Waals surface area contributed by atoms with Gasteiger partial charge in [0.1, 0.15) is 6.17 Å². The predicted molar refractivity (Wildman–Crippen MR) is 58.7 cm³/mol. The fraction of sp³-hybridized carbons (Fsp3) is 0.500. The molecule has 18 heavy (non-hydrogen) atoms. The molecule has 0 radical (unpaired) electrons. The number of ether oxygens (including phenoxy) is 1. The molecule has 8 heteroatoms. The van der Waals surface area contributed by atoms with Crippen molar-refractivity contribution in [2.75, 3.05) is 6.61 Å². The third-order valence-corrected chi connectivity index (χ3v) is 2.97. The SMILES string of the molecule is O=c1[nH]cnc2c1ncn2[C@H]1O[C@@H](CO)C[C@@H]1F. The zero-order chi connectivity index (χ0) is 12.7. The highest BCUT2D eigenvalue weighted by molar-refractivity contribution is 5.68. The first-order valence-electron chi connectivity index (χ1n) is 5.51. The summed E-state index contributed by atoms with van der Waals surface area (Å²) in [5.74, 6) is 0. The van der Waals surface area contributed by atoms with Gasteiger partial charge in [-0.05, 0) is 0 Å². The highest BCUT2D eigenvalue weighted by Crippen LogP contribution is 2.32. The van der Waals surface area contributed by atoms with Crippen LogP contribution in [0.3, 0.4) is 0 Å². The largest absolute Gasteiger partial charge is 0.394 e. The minimum absolute atomic E-state index is 0.115. The van der Waals surface area contributed by atoms with E-state index in [9.17, 15) is 9.18 Å². The summed E-state index contributed by atoms with van der Waals surface area (Å²) in [7, 11) is 0. The second-order valence-corrected chi connectivity index (χ2v) is 4.14. The molecule has 3 heterocycles. The second kappa shape index (κ2) is 4.14. The summed E-state index contributed by atoms with van der Waals surface area (Å²) in [6.07, 6.45) is -0.0331. The first kappa shape index (κ1) is 11.3. The van der Waals surface area contributed by atoms with Crippen molar-refractivity contribution in [1.82, 2.24) is 19.5 Å². The third kappa shape index (κ3) is 1.61. The zero-order valence-corrected chi connectivity index (χ0v) is 9.28. The van der Waals surface area contributed by atoms with Crippen molar-refractivity contribution in [2.45, 2.75) is 24.9 Å². The summed E-state index contributed by atoms with van der Waals surface area (Å²) in [6.45, 7) is -0.239. The molecule has 2 aromatic rings. The molecule has 0 saturated carbocycles. The van der Waals surface area contributed by atoms with Crippen molar-refractivity contribution >= 4 is 11.2 Å². The van der Waals surface area contributed by atoms with Crippen LogP contribution in [0.25, 0.3) is 11.2 Å². The summed E-state index contributed by atoms with van der Waals surface area (Å²) in [5, 5.41) is 8.97. The number of H-pyrrole nitrogens is 1. The van der Waals surface area contributed by atoms with Gasteiger partial charge in [-0.1, -0.05) is 0 Å². The quantitative estimate of drug-likeness (QED) is 0.770. The van der Waals surface area contributed by atoms with Gasteiger partial charge in [0.2, 0.25) is 0 Å². The molecular formula is C10H11FN4O3. The maximum Gasteiger partial charge on any atom is 0.278 e. The first-order valence-corrected chi connectivity index (χ1v) is 5.51. The lowest BCUT2D eigenvalue weighted by molar-refractivity contribution is -0.0351. The van der Waals surface area contributed by atoms with Gasteiger partial charge in [-0.2, -0.15) is 0 Å². The van der Waals surface area contributed by atoms with E-state index in [1.54, 1.807) is 0 Å². The fourth-order valence-corrected chi connectivity index (χ4v) is 2.11. The maximum atomic E-state index is 13.8. The number of halogens is 1. The van der Waals surface area contributed by atoms with Crippen LogP contribution in [0.4, 0.5) is 4.39 Å². The van der Waals surface area contributed by atoms with E-state index in [4.69, 9.17) is 9.84 Å². The second-order valence-electron chi connectivity index (χ2n) is 4.14. The molecule has 1 aliphatic heterocycles. The number of hydrogen-bond acceptors (Lipinski definition) is 5. The predicted octanol–water partition coefficient (Wildman–Crippen LogP) is -0.263. The Morgan fingerprint density at radius 1 is 1.61 bits per heavy atom. The lowest BCUT2D eigenvalue weighted by Gasteiger charge is -2.14. The van der Waals surface area contributed by atoms with Crippen molar-refractivity contribution < 1.29 is 14.2 Å². The average Bonchev–Trinajstić information content (AvgIpc) is 2.93. The standard InChI is InChI=1S/C10H11FN4O3/c11-6-1-5(2-16)18-10(6)15-4-14-7-8(15)12-3-13-9(7)17/h3-6,10,16H,1-2H2,(H,12,13,17)/t5-,6+,10+/m1/s1. The van der Waals surface area contributed by atoms with Crippen LogP contribution in [0.2, 0.25) is 0 Å². The van der Waals surface area contributed by atoms with E-state index < -0.39 is 18.5 Å². The molecule has 2 N–H and O–H groups in total. The average molecular weight is 254 g/mol. The molecule has 2 aromatic heterocycles. The van der Waals surface area contributed by atoms with Crippen molar-refractivity contribution in [3.05, 3.63) is 23.0 Å². The Morgan fingerprint density at radius 3 is 3.17 bits per heavy atom. The minimum Gasteiger partial charge on any atom is -0.394 e. The number of aliphatic hydroxyl groups excluding tert-OH is 1. The van der Waals surface area contributed by atoms with Crippen molar-refractivity contribution in [3.63, 3.8) is 0 Å². The minimum atomic E-state index is -1.26. The molecule has 7 nitrogen and oxygen atoms in total. The van der Waals surface area contributed by atoms with E-state index in [0.717, 1.165) is 0 Å². The summed E-state index contributed by atoms with van der Waals surface area (Å²) in [4.78, 5) is 21.7. The summed E-state index contributed by atoms with van der Waals surface area (Å²) in [6, 6.07) is 0. The van der Waals surface area contributed by atoms with Crippen molar-refractivity contribution in [1.29, 1.82) is 0 Å². The van der Waals surface area contributed by atoms with Gasteiger partial charge in [-0.15, -0.1) is 0 Å². The molecule has 0 spiro atoms. The molecule has 1 saturated heterocycles. The highest BCUT2D eigenvalue weighted by Gasteiger charge is 2.37. The van der Waals surface area contributed by atoms with Crippen LogP contribution in [-0.4, -0.2) is 43.5 Å². The van der Waals surface area contributed by atoms with Crippen molar-refractivity contribution in [3.8, 4) is 0 Å². The number of alkyl halides is 1. The smallest absolute Gasteiger partial charge is 0.278 e. The van der Waals surface area contributed by atoms with Crippen LogP contribution >= 0.6 is 0 Å². The molecule has 3 rings (SSSR count). The molecule has 0 aromatic carbocycles. The summed E-state index contributed by atoms with van der Waals surface area (Å²) >= 11 is 0. The number of nitrogens with zero attached hydrogens (tertiary/aromatic N) is 3. The lowest BCUT2D eigenvalue weighted by Crippen LogP contribution is -2.17. The van der Waals surface area contributed by atoms with Gasteiger partial charge >= 0.3 is 0 Å². The Bertz CT molecular complexity index is 625. The normalized spacial score (nSPS) is 28.0. The monoisotopic (exact) mass is 254 g/mol. The Labute approximate surface area is 100 Å². The van der Waals surface area contributed by atoms with Gasteiger partial charge in [0.25, 0.3) is 5.56 Å². The van der Waals surface area contributed by atoms with Crippen LogP contribution in [-0.2, 0) is 4.74 Å². The Kier molecular flexibility index (Phi) is 2.60. The zero-order valence-electron chi connectivity index (χ0n) is 9.28. The summed E-state index contributed by atoms with van der Waals surface area (Å²) < 4.78 is 20.6. The van der Waals surface area contributed by atoms with Crippen LogP contribution in [0.5, 0.6) is 0 Å². The first-order chi connectivity index (χ1) is 8.70. The molecule has 0 bridgehead atoms. The van der Waals surface area contributed by atoms with Gasteiger partial charge in [0.05, 0.1) is 25.4 Å². The highest BCUT2D eigenvalue weighted by atomic mass is 19.1. The van der Waals surface area contributed by atoms with Crippen LogP contribution in [0.1, 0.15) is 12.6 Å². The molecule has 0 aliphatic carbocycles. The molecule has 0 unspecified atom stereocenters. The van der Waals surface area contributed by atoms with E-state index >= 15 is 0 Å². The van der Waals surface area contributed by atoms with Gasteiger partial charge in [-0.25, -0.2) is 14.4 Å². The third-order valence-electron chi connectivity index (χ3n) is 2.97. The van der Waals surface area contributed by atoms with Gasteiger partial charge < -0.3 is 14.8 Å². The van der Waals surface area contributed by atoms with E-state index in [2.05, 4.69) is 15.0 Å². The number of aromatic amines is 1. The number of aromatic nitrogens is 4. The lowest BCUT2D eigenvalue weighted by atomic mass is 10.2. The molecule has 1 aliphatic rings. The Balaban J connectivity index is 2.05. The van der Waals surface area contributed by atoms with Gasteiger partial charge in [-0.3, -0.25) is 9.36 Å². The number of imidazole rings is 1. The molecular weight excluding hydrogens is 243 g/mol. The molecule has 0 amide bonds. The molecule has 96 valence electrons. The van der Waals surface area contributed by atoms with E-state index in [1.807, 2.05) is 0 Å². The van der Waals surface area contributed by atoms with Crippen LogP contribution in [0, 0.1) is 0 Å². The maximum absolute atomic E-state index is 13.8. The molecule has 3 atom stereocenters. The number of aliphatic hydroxyl groups is 1. The number of rotatable bonds is 2. The van der Waals surface area contributed by atoms with Crippen LogP contribution in [0.15, 0.2) is 17.4 Å². The topological polar surface area (TPSA) is 93.0 Å². The fourth-order valence-electron chi connectivity index (χ4n) is 2.11. The number of fused-ring (bicyclic) bond motifs is 1.